The minimum absolute atomic E-state index is 0.116. The second-order valence-electron chi connectivity index (χ2n) is 4.20. The van der Waals surface area contributed by atoms with Crippen molar-refractivity contribution in [2.45, 2.75) is 6.92 Å². The summed E-state index contributed by atoms with van der Waals surface area (Å²) in [6, 6.07) is 7.29. The molecule has 0 aliphatic rings. The van der Waals surface area contributed by atoms with Gasteiger partial charge in [0, 0.05) is 18.1 Å². The molecular formula is C13H14N2O3. The largest absolute Gasteiger partial charge is 0.481 e. The molecule has 2 aromatic rings. The summed E-state index contributed by atoms with van der Waals surface area (Å²) in [4.78, 5) is 25.6. The zero-order chi connectivity index (χ0) is 13.1. The topological polar surface area (TPSA) is 82.2 Å². The third kappa shape index (κ3) is 2.34. The van der Waals surface area contributed by atoms with Crippen LogP contribution in [0.1, 0.15) is 17.3 Å². The molecule has 0 radical (unpaired) electrons. The van der Waals surface area contributed by atoms with E-state index in [4.69, 9.17) is 5.11 Å². The van der Waals surface area contributed by atoms with Gasteiger partial charge in [-0.1, -0.05) is 19.1 Å². The van der Waals surface area contributed by atoms with Gasteiger partial charge in [0.2, 0.25) is 0 Å². The van der Waals surface area contributed by atoms with Crippen LogP contribution in [-0.2, 0) is 4.79 Å². The number of carboxylic acids is 1. The average Bonchev–Trinajstić information content (AvgIpc) is 2.83. The van der Waals surface area contributed by atoms with Gasteiger partial charge < -0.3 is 15.4 Å². The Morgan fingerprint density at radius 3 is 2.89 bits per heavy atom. The normalized spacial score (nSPS) is 12.3. The molecule has 1 aromatic carbocycles. The molecule has 18 heavy (non-hydrogen) atoms. The van der Waals surface area contributed by atoms with E-state index in [1.807, 2.05) is 12.1 Å². The average molecular weight is 246 g/mol. The lowest BCUT2D eigenvalue weighted by Crippen LogP contribution is -2.31. The molecule has 0 spiro atoms. The molecule has 2 rings (SSSR count). The van der Waals surface area contributed by atoms with Gasteiger partial charge in [-0.25, -0.2) is 0 Å². The van der Waals surface area contributed by atoms with Crippen LogP contribution >= 0.6 is 0 Å². The number of rotatable bonds is 4. The predicted octanol–water partition coefficient (Wildman–Crippen LogP) is 1.62. The van der Waals surface area contributed by atoms with Crippen LogP contribution in [0.25, 0.3) is 10.9 Å². The number of fused-ring (bicyclic) bond motifs is 1. The van der Waals surface area contributed by atoms with E-state index in [9.17, 15) is 9.59 Å². The number of amides is 1. The highest BCUT2D eigenvalue weighted by Gasteiger charge is 2.14. The first kappa shape index (κ1) is 12.2. The molecule has 5 heteroatoms. The van der Waals surface area contributed by atoms with Crippen molar-refractivity contribution in [1.29, 1.82) is 0 Å². The van der Waals surface area contributed by atoms with Crippen molar-refractivity contribution in [2.75, 3.05) is 6.54 Å². The van der Waals surface area contributed by atoms with Crippen LogP contribution < -0.4 is 5.32 Å². The van der Waals surface area contributed by atoms with E-state index in [1.54, 1.807) is 25.3 Å². The van der Waals surface area contributed by atoms with Gasteiger partial charge in [-0.3, -0.25) is 9.59 Å². The SMILES string of the molecule is CC(CNC(=O)c1cccc2cc[nH]c12)C(=O)O. The number of H-pyrrole nitrogens is 1. The second-order valence-corrected chi connectivity index (χ2v) is 4.20. The Kier molecular flexibility index (Phi) is 3.32. The Bertz CT molecular complexity index is 589. The summed E-state index contributed by atoms with van der Waals surface area (Å²) in [6.45, 7) is 1.67. The zero-order valence-electron chi connectivity index (χ0n) is 9.93. The lowest BCUT2D eigenvalue weighted by atomic mass is 10.1. The predicted molar refractivity (Wildman–Crippen MR) is 67.4 cm³/mol. The zero-order valence-corrected chi connectivity index (χ0v) is 9.93. The molecule has 0 aliphatic heterocycles. The monoisotopic (exact) mass is 246 g/mol. The third-order valence-electron chi connectivity index (χ3n) is 2.82. The minimum Gasteiger partial charge on any atom is -0.481 e. The summed E-state index contributed by atoms with van der Waals surface area (Å²) in [5.74, 6) is -1.79. The van der Waals surface area contributed by atoms with E-state index in [2.05, 4.69) is 10.3 Å². The number of benzene rings is 1. The molecule has 94 valence electrons. The van der Waals surface area contributed by atoms with Crippen molar-refractivity contribution >= 4 is 22.8 Å². The standard InChI is InChI=1S/C13H14N2O3/c1-8(13(17)18)7-15-12(16)10-4-2-3-9-5-6-14-11(9)10/h2-6,8,14H,7H2,1H3,(H,15,16)(H,17,18). The van der Waals surface area contributed by atoms with Gasteiger partial charge in [-0.05, 0) is 12.1 Å². The minimum atomic E-state index is -0.923. The molecule has 1 unspecified atom stereocenters. The highest BCUT2D eigenvalue weighted by atomic mass is 16.4. The van der Waals surface area contributed by atoms with Gasteiger partial charge in [0.15, 0.2) is 0 Å². The lowest BCUT2D eigenvalue weighted by Gasteiger charge is -2.09. The fourth-order valence-electron chi connectivity index (χ4n) is 1.70. The van der Waals surface area contributed by atoms with Crippen LogP contribution in [-0.4, -0.2) is 28.5 Å². The Morgan fingerprint density at radius 2 is 2.17 bits per heavy atom. The molecule has 1 amide bonds. The highest BCUT2D eigenvalue weighted by molar-refractivity contribution is 6.05. The number of aromatic amines is 1. The lowest BCUT2D eigenvalue weighted by molar-refractivity contribution is -0.140. The first-order valence-electron chi connectivity index (χ1n) is 5.66. The van der Waals surface area contributed by atoms with E-state index in [0.29, 0.717) is 5.56 Å². The van der Waals surface area contributed by atoms with Crippen LogP contribution in [0.15, 0.2) is 30.5 Å². The fourth-order valence-corrected chi connectivity index (χ4v) is 1.70. The van der Waals surface area contributed by atoms with Crippen molar-refractivity contribution in [3.63, 3.8) is 0 Å². The number of nitrogens with one attached hydrogen (secondary N) is 2. The van der Waals surface area contributed by atoms with Gasteiger partial charge in [-0.15, -0.1) is 0 Å². The summed E-state index contributed by atoms with van der Waals surface area (Å²) in [6.07, 6.45) is 1.77. The van der Waals surface area contributed by atoms with E-state index < -0.39 is 11.9 Å². The van der Waals surface area contributed by atoms with Crippen LogP contribution in [0.5, 0.6) is 0 Å². The summed E-state index contributed by atoms with van der Waals surface area (Å²) >= 11 is 0. The van der Waals surface area contributed by atoms with E-state index >= 15 is 0 Å². The molecule has 0 aliphatic carbocycles. The van der Waals surface area contributed by atoms with Gasteiger partial charge in [0.25, 0.3) is 5.91 Å². The van der Waals surface area contributed by atoms with Gasteiger partial charge in [-0.2, -0.15) is 0 Å². The van der Waals surface area contributed by atoms with Crippen molar-refractivity contribution in [3.8, 4) is 0 Å². The Balaban J connectivity index is 2.14. The number of carboxylic acid groups (broad SMARTS) is 1. The first-order chi connectivity index (χ1) is 8.59. The van der Waals surface area contributed by atoms with E-state index in [0.717, 1.165) is 10.9 Å². The summed E-state index contributed by atoms with van der Waals surface area (Å²) < 4.78 is 0. The molecule has 3 N–H and O–H groups in total. The van der Waals surface area contributed by atoms with Crippen LogP contribution in [0.4, 0.5) is 0 Å². The molecule has 1 heterocycles. The second kappa shape index (κ2) is 4.91. The quantitative estimate of drug-likeness (QED) is 0.766. The summed E-state index contributed by atoms with van der Waals surface area (Å²) in [5, 5.41) is 12.3. The van der Waals surface area contributed by atoms with E-state index in [1.165, 1.54) is 0 Å². The van der Waals surface area contributed by atoms with Crippen LogP contribution in [0, 0.1) is 5.92 Å². The molecule has 1 atom stereocenters. The van der Waals surface area contributed by atoms with Gasteiger partial charge in [0.05, 0.1) is 17.0 Å². The van der Waals surface area contributed by atoms with Crippen molar-refractivity contribution in [2.24, 2.45) is 5.92 Å². The maximum atomic E-state index is 12.0. The molecule has 5 nitrogen and oxygen atoms in total. The maximum Gasteiger partial charge on any atom is 0.308 e. The fraction of sp³-hybridized carbons (Fsp3) is 0.231. The number of hydrogen-bond acceptors (Lipinski definition) is 2. The van der Waals surface area contributed by atoms with Crippen molar-refractivity contribution in [3.05, 3.63) is 36.0 Å². The Labute approximate surface area is 104 Å². The Hall–Kier alpha value is -2.30. The molecule has 1 aromatic heterocycles. The number of carbonyl (C=O) groups excluding carboxylic acids is 1. The summed E-state index contributed by atoms with van der Waals surface area (Å²) in [5.41, 5.74) is 1.29. The smallest absolute Gasteiger partial charge is 0.308 e. The van der Waals surface area contributed by atoms with Gasteiger partial charge >= 0.3 is 5.97 Å². The molecule has 0 saturated carbocycles. The van der Waals surface area contributed by atoms with Crippen molar-refractivity contribution < 1.29 is 14.7 Å². The van der Waals surface area contributed by atoms with Gasteiger partial charge in [0.1, 0.15) is 0 Å². The van der Waals surface area contributed by atoms with E-state index in [-0.39, 0.29) is 12.5 Å². The van der Waals surface area contributed by atoms with Crippen LogP contribution in [0.2, 0.25) is 0 Å². The summed E-state index contributed by atoms with van der Waals surface area (Å²) in [7, 11) is 0. The number of carbonyl (C=O) groups is 2. The highest BCUT2D eigenvalue weighted by Crippen LogP contribution is 2.16. The number of aliphatic carboxylic acids is 1. The molecule has 0 fully saturated rings. The number of hydrogen-bond donors (Lipinski definition) is 3. The third-order valence-corrected chi connectivity index (χ3v) is 2.82. The molecule has 0 saturated heterocycles. The number of para-hydroxylation sites is 1. The number of aromatic nitrogens is 1. The Morgan fingerprint density at radius 1 is 1.39 bits per heavy atom. The van der Waals surface area contributed by atoms with Crippen molar-refractivity contribution in [1.82, 2.24) is 10.3 Å². The maximum absolute atomic E-state index is 12.0. The first-order valence-corrected chi connectivity index (χ1v) is 5.66. The molecular weight excluding hydrogens is 232 g/mol. The van der Waals surface area contributed by atoms with Crippen LogP contribution in [0.3, 0.4) is 0 Å². The molecule has 0 bridgehead atoms.